The zero-order chi connectivity index (χ0) is 38.0. The summed E-state index contributed by atoms with van der Waals surface area (Å²) in [7, 11) is 3.60. The second-order valence-corrected chi connectivity index (χ2v) is 13.0. The molecular weight excluding hydrogens is 642 g/mol. The van der Waals surface area contributed by atoms with Gasteiger partial charge >= 0.3 is 0 Å². The quantitative estimate of drug-likeness (QED) is 0.0776. The van der Waals surface area contributed by atoms with Crippen molar-refractivity contribution in [2.24, 2.45) is 0 Å². The van der Waals surface area contributed by atoms with E-state index >= 15 is 0 Å². The van der Waals surface area contributed by atoms with Crippen LogP contribution in [0.1, 0.15) is 101 Å². The molecule has 0 unspecified atom stereocenters. The maximum atomic E-state index is 8.62. The Morgan fingerprint density at radius 1 is 0.529 bits per heavy atom. The van der Waals surface area contributed by atoms with Gasteiger partial charge in [-0.3, -0.25) is 19.9 Å². The highest BCUT2D eigenvalue weighted by atomic mass is 16.5. The molecule has 0 aliphatic rings. The standard InChI is InChI=1S/C11H18N2O.C10H16N2O.C10H15NO2.C9H14N2/c1-9(2)10-6-11(8-12-7-10)13-4-5-14-3;1-8(2)9-5-10(7-11-6-9)12-3-4-13;1-8(2)9-5-10(7-11-6-9)13-4-3-12;1-7(2)8-4-9(10-3)6-11-5-8/h6-9,13H,4-5H2,1-3H3;5-8,12-13H,3-4H2,1-2H3;5-8,12H,3-4H2,1-2H3;4-7,10H,1-3H3. The number of nitrogens with one attached hydrogen (secondary N) is 3. The van der Waals surface area contributed by atoms with E-state index in [0.717, 1.165) is 34.9 Å². The van der Waals surface area contributed by atoms with Gasteiger partial charge in [0, 0.05) is 70.6 Å². The lowest BCUT2D eigenvalue weighted by molar-refractivity contribution is 0.201. The molecule has 4 heterocycles. The van der Waals surface area contributed by atoms with Gasteiger partial charge in [-0.1, -0.05) is 55.4 Å². The van der Waals surface area contributed by atoms with E-state index in [4.69, 9.17) is 19.7 Å². The Hall–Kier alpha value is -4.32. The topological polar surface area (TPSA) is 147 Å². The van der Waals surface area contributed by atoms with Crippen molar-refractivity contribution in [1.82, 2.24) is 19.9 Å². The van der Waals surface area contributed by atoms with E-state index in [2.05, 4.69) is 109 Å². The lowest BCUT2D eigenvalue weighted by Crippen LogP contribution is -2.08. The number of nitrogens with zero attached hydrogens (tertiary/aromatic N) is 4. The van der Waals surface area contributed by atoms with Crippen molar-refractivity contribution < 1.29 is 19.7 Å². The molecule has 0 spiro atoms. The smallest absolute Gasteiger partial charge is 0.137 e. The third kappa shape index (κ3) is 19.6. The van der Waals surface area contributed by atoms with E-state index in [1.807, 2.05) is 50.3 Å². The van der Waals surface area contributed by atoms with Gasteiger partial charge in [0.25, 0.3) is 0 Å². The molecule has 0 saturated carbocycles. The van der Waals surface area contributed by atoms with Crippen molar-refractivity contribution in [2.45, 2.75) is 79.1 Å². The number of hydrogen-bond acceptors (Lipinski definition) is 11. The van der Waals surface area contributed by atoms with Crippen LogP contribution in [0.15, 0.2) is 73.8 Å². The van der Waals surface area contributed by atoms with Crippen molar-refractivity contribution in [3.8, 4) is 5.75 Å². The molecule has 0 bridgehead atoms. The molecule has 282 valence electrons. The zero-order valence-electron chi connectivity index (χ0n) is 32.5. The molecule has 11 nitrogen and oxygen atoms in total. The van der Waals surface area contributed by atoms with E-state index < -0.39 is 0 Å². The van der Waals surface area contributed by atoms with E-state index in [1.165, 1.54) is 16.7 Å². The van der Waals surface area contributed by atoms with E-state index in [-0.39, 0.29) is 13.2 Å². The number of aromatic nitrogens is 4. The number of pyridine rings is 4. The number of anilines is 3. The molecule has 5 N–H and O–H groups in total. The second kappa shape index (κ2) is 26.5. The largest absolute Gasteiger partial charge is 0.490 e. The van der Waals surface area contributed by atoms with Gasteiger partial charge in [0.05, 0.1) is 43.1 Å². The third-order valence-electron chi connectivity index (χ3n) is 7.40. The third-order valence-corrected chi connectivity index (χ3v) is 7.40. The fourth-order valence-corrected chi connectivity index (χ4v) is 4.14. The SMILES string of the molecule is CC(C)c1cncc(NCCO)c1.CC(C)c1cncc(OCCO)c1.CNc1cncc(C(C)C)c1.COCCNc1cncc(C(C)C)c1. The number of rotatable bonds is 15. The molecule has 0 atom stereocenters. The molecule has 4 aromatic heterocycles. The number of methoxy groups -OCH3 is 1. The first-order valence-corrected chi connectivity index (χ1v) is 17.7. The first-order chi connectivity index (χ1) is 24.4. The van der Waals surface area contributed by atoms with Crippen molar-refractivity contribution in [1.29, 1.82) is 0 Å². The first-order valence-electron chi connectivity index (χ1n) is 17.7. The Bertz CT molecular complexity index is 1410. The highest BCUT2D eigenvalue weighted by Gasteiger charge is 2.03. The van der Waals surface area contributed by atoms with Crippen molar-refractivity contribution >= 4 is 17.1 Å². The Morgan fingerprint density at radius 2 is 0.941 bits per heavy atom. The summed E-state index contributed by atoms with van der Waals surface area (Å²) in [5.41, 5.74) is 8.01. The molecule has 0 fully saturated rings. The molecule has 0 aliphatic carbocycles. The van der Waals surface area contributed by atoms with Gasteiger partial charge in [0.1, 0.15) is 12.4 Å². The molecule has 51 heavy (non-hydrogen) atoms. The van der Waals surface area contributed by atoms with Crippen LogP contribution in [0, 0.1) is 0 Å². The predicted molar refractivity (Wildman–Crippen MR) is 211 cm³/mol. The summed E-state index contributed by atoms with van der Waals surface area (Å²) in [5, 5.41) is 26.6. The minimum atomic E-state index is 0.0336. The van der Waals surface area contributed by atoms with Gasteiger partial charge in [0.15, 0.2) is 0 Å². The van der Waals surface area contributed by atoms with E-state index in [9.17, 15) is 0 Å². The van der Waals surface area contributed by atoms with E-state index in [1.54, 1.807) is 19.5 Å². The molecular formula is C40H63N7O4. The summed E-state index contributed by atoms with van der Waals surface area (Å²) < 4.78 is 10.2. The van der Waals surface area contributed by atoms with Crippen molar-refractivity contribution in [3.05, 3.63) is 96.1 Å². The average molecular weight is 706 g/mol. The second-order valence-electron chi connectivity index (χ2n) is 13.0. The van der Waals surface area contributed by atoms with Crippen LogP contribution in [-0.4, -0.2) is 83.8 Å². The van der Waals surface area contributed by atoms with Crippen LogP contribution < -0.4 is 20.7 Å². The zero-order valence-corrected chi connectivity index (χ0v) is 32.5. The molecule has 0 amide bonds. The summed E-state index contributed by atoms with van der Waals surface area (Å²) in [6.45, 7) is 19.7. The lowest BCUT2D eigenvalue weighted by atomic mass is 10.1. The highest BCUT2D eigenvalue weighted by Crippen LogP contribution is 2.19. The Morgan fingerprint density at radius 3 is 1.35 bits per heavy atom. The number of hydrogen-bond donors (Lipinski definition) is 5. The van der Waals surface area contributed by atoms with E-state index in [0.29, 0.717) is 43.4 Å². The molecule has 4 rings (SSSR count). The van der Waals surface area contributed by atoms with Crippen LogP contribution in [0.25, 0.3) is 0 Å². The molecule has 4 aromatic rings. The van der Waals surface area contributed by atoms with Crippen LogP contribution in [0.2, 0.25) is 0 Å². The molecule has 0 saturated heterocycles. The first kappa shape index (κ1) is 44.7. The summed E-state index contributed by atoms with van der Waals surface area (Å²) in [4.78, 5) is 16.5. The fourth-order valence-electron chi connectivity index (χ4n) is 4.14. The van der Waals surface area contributed by atoms with Gasteiger partial charge in [0.2, 0.25) is 0 Å². The van der Waals surface area contributed by atoms with Gasteiger partial charge in [-0.15, -0.1) is 0 Å². The van der Waals surface area contributed by atoms with Gasteiger partial charge in [-0.2, -0.15) is 0 Å². The Kier molecular flexibility index (Phi) is 23.2. The highest BCUT2D eigenvalue weighted by molar-refractivity contribution is 5.44. The number of aliphatic hydroxyl groups excluding tert-OH is 2. The molecule has 11 heteroatoms. The minimum Gasteiger partial charge on any atom is -0.490 e. The predicted octanol–water partition coefficient (Wildman–Crippen LogP) is 7.70. The normalized spacial score (nSPS) is 10.4. The molecule has 0 aliphatic heterocycles. The van der Waals surface area contributed by atoms with Crippen LogP contribution in [-0.2, 0) is 4.74 Å². The number of aliphatic hydroxyl groups is 2. The minimum absolute atomic E-state index is 0.0336. The summed E-state index contributed by atoms with van der Waals surface area (Å²) in [5.74, 6) is 2.73. The summed E-state index contributed by atoms with van der Waals surface area (Å²) in [6.07, 6.45) is 14.6. The van der Waals surface area contributed by atoms with Crippen LogP contribution >= 0.6 is 0 Å². The molecule has 0 radical (unpaired) electrons. The lowest BCUT2D eigenvalue weighted by Gasteiger charge is -2.09. The van der Waals surface area contributed by atoms with Crippen molar-refractivity contribution in [2.75, 3.05) is 69.6 Å². The van der Waals surface area contributed by atoms with Crippen molar-refractivity contribution in [3.63, 3.8) is 0 Å². The Labute approximate surface area is 306 Å². The van der Waals surface area contributed by atoms with Gasteiger partial charge in [-0.25, -0.2) is 0 Å². The van der Waals surface area contributed by atoms with Gasteiger partial charge in [-0.05, 0) is 70.2 Å². The maximum absolute atomic E-state index is 8.62. The van der Waals surface area contributed by atoms with Crippen LogP contribution in [0.4, 0.5) is 17.1 Å². The Balaban J connectivity index is 0.000000341. The van der Waals surface area contributed by atoms with Gasteiger partial charge < -0.3 is 35.6 Å². The summed E-state index contributed by atoms with van der Waals surface area (Å²) in [6, 6.07) is 8.27. The number of ether oxygens (including phenoxy) is 2. The maximum Gasteiger partial charge on any atom is 0.137 e. The van der Waals surface area contributed by atoms with Crippen LogP contribution in [0.3, 0.4) is 0 Å². The van der Waals surface area contributed by atoms with Crippen LogP contribution in [0.5, 0.6) is 5.75 Å². The fraction of sp³-hybridized carbons (Fsp3) is 0.500. The average Bonchev–Trinajstić information content (AvgIpc) is 3.14. The molecule has 0 aromatic carbocycles. The monoisotopic (exact) mass is 705 g/mol. The summed E-state index contributed by atoms with van der Waals surface area (Å²) >= 11 is 0.